The number of unbranched alkanes of at least 4 members (excludes halogenated alkanes) is 1. The quantitative estimate of drug-likeness (QED) is 0.424. The molecule has 0 amide bonds. The summed E-state index contributed by atoms with van der Waals surface area (Å²) in [5.74, 6) is -1.31. The number of ether oxygens (including phenoxy) is 1. The summed E-state index contributed by atoms with van der Waals surface area (Å²) in [5, 5.41) is 29.6. The smallest absolute Gasteiger partial charge is 0.354 e. The van der Waals surface area contributed by atoms with Gasteiger partial charge in [0.15, 0.2) is 0 Å². The lowest BCUT2D eigenvalue weighted by Gasteiger charge is -2.25. The molecular formula is C9H17NO5. The molecule has 4 N–H and O–H groups in total. The van der Waals surface area contributed by atoms with Crippen LogP contribution in [0.3, 0.4) is 0 Å². The van der Waals surface area contributed by atoms with Gasteiger partial charge in [-0.3, -0.25) is 5.32 Å². The molecular weight excluding hydrogens is 202 g/mol. The number of carboxylic acid groups (broad SMARTS) is 1. The third-order valence-electron chi connectivity index (χ3n) is 2.46. The second-order valence-corrected chi connectivity index (χ2v) is 3.58. The third kappa shape index (κ3) is 2.88. The maximum Gasteiger partial charge on any atom is 0.354 e. The summed E-state index contributed by atoms with van der Waals surface area (Å²) in [6.07, 6.45) is 1.03. The lowest BCUT2D eigenvalue weighted by Crippen LogP contribution is -2.55. The lowest BCUT2D eigenvalue weighted by molar-refractivity contribution is -0.176. The Kier molecular flexibility index (Phi) is 4.46. The maximum atomic E-state index is 10.8. The zero-order valence-corrected chi connectivity index (χ0v) is 8.48. The molecule has 15 heavy (non-hydrogen) atoms. The van der Waals surface area contributed by atoms with Gasteiger partial charge in [0, 0.05) is 19.8 Å². The van der Waals surface area contributed by atoms with Gasteiger partial charge in [0.1, 0.15) is 6.10 Å². The highest BCUT2D eigenvalue weighted by Crippen LogP contribution is 2.21. The van der Waals surface area contributed by atoms with Crippen LogP contribution in [-0.4, -0.2) is 52.9 Å². The standard InChI is InChI=1S/C9H17NO5/c11-5-1-2-6-15-7-3-4-10-9(7,14)8(12)13/h7,10-11,14H,1-6H2,(H,12,13)/t7?,9-/m1/s1. The zero-order chi connectivity index (χ0) is 11.3. The van der Waals surface area contributed by atoms with Crippen LogP contribution >= 0.6 is 0 Å². The van der Waals surface area contributed by atoms with E-state index in [1.54, 1.807) is 0 Å². The van der Waals surface area contributed by atoms with Crippen LogP contribution in [0.15, 0.2) is 0 Å². The minimum atomic E-state index is -1.96. The topological polar surface area (TPSA) is 99.0 Å². The van der Waals surface area contributed by atoms with E-state index in [1.165, 1.54) is 0 Å². The monoisotopic (exact) mass is 219 g/mol. The summed E-state index contributed by atoms with van der Waals surface area (Å²) in [5.41, 5.74) is -1.96. The molecule has 1 aliphatic rings. The van der Waals surface area contributed by atoms with Gasteiger partial charge in [-0.05, 0) is 19.3 Å². The van der Waals surface area contributed by atoms with Crippen LogP contribution in [0.2, 0.25) is 0 Å². The molecule has 1 rings (SSSR count). The maximum absolute atomic E-state index is 10.8. The number of aliphatic hydroxyl groups is 2. The summed E-state index contributed by atoms with van der Waals surface area (Å²) in [7, 11) is 0. The molecule has 0 aromatic rings. The largest absolute Gasteiger partial charge is 0.478 e. The van der Waals surface area contributed by atoms with Crippen LogP contribution in [0.1, 0.15) is 19.3 Å². The fourth-order valence-electron chi connectivity index (χ4n) is 1.57. The first-order valence-electron chi connectivity index (χ1n) is 5.04. The van der Waals surface area contributed by atoms with Crippen molar-refractivity contribution in [1.82, 2.24) is 5.32 Å². The molecule has 6 heteroatoms. The van der Waals surface area contributed by atoms with Gasteiger partial charge in [0.2, 0.25) is 5.72 Å². The molecule has 1 fully saturated rings. The molecule has 1 unspecified atom stereocenters. The van der Waals surface area contributed by atoms with E-state index in [1.807, 2.05) is 0 Å². The number of rotatable bonds is 6. The molecule has 1 aliphatic heterocycles. The number of aliphatic carboxylic acids is 1. The van der Waals surface area contributed by atoms with Crippen molar-refractivity contribution >= 4 is 5.97 Å². The Balaban J connectivity index is 2.37. The first kappa shape index (κ1) is 12.4. The van der Waals surface area contributed by atoms with E-state index in [2.05, 4.69) is 5.32 Å². The molecule has 6 nitrogen and oxygen atoms in total. The first-order valence-corrected chi connectivity index (χ1v) is 5.04. The Labute approximate surface area is 87.9 Å². The number of hydrogen-bond donors (Lipinski definition) is 4. The predicted octanol–water partition coefficient (Wildman–Crippen LogP) is -1.09. The molecule has 0 bridgehead atoms. The van der Waals surface area contributed by atoms with E-state index in [9.17, 15) is 9.90 Å². The summed E-state index contributed by atoms with van der Waals surface area (Å²) >= 11 is 0. The second kappa shape index (κ2) is 5.41. The van der Waals surface area contributed by atoms with Gasteiger partial charge in [-0.2, -0.15) is 0 Å². The van der Waals surface area contributed by atoms with Crippen LogP contribution < -0.4 is 5.32 Å². The Bertz CT molecular complexity index is 223. The van der Waals surface area contributed by atoms with Gasteiger partial charge in [0.05, 0.1) is 0 Å². The van der Waals surface area contributed by atoms with Crippen LogP contribution in [0, 0.1) is 0 Å². The molecule has 2 atom stereocenters. The molecule has 0 aliphatic carbocycles. The molecule has 0 spiro atoms. The highest BCUT2D eigenvalue weighted by atomic mass is 16.5. The Hall–Kier alpha value is -0.690. The van der Waals surface area contributed by atoms with E-state index in [-0.39, 0.29) is 6.61 Å². The van der Waals surface area contributed by atoms with E-state index in [0.29, 0.717) is 32.4 Å². The lowest BCUT2D eigenvalue weighted by atomic mass is 10.1. The van der Waals surface area contributed by atoms with Gasteiger partial charge in [0.25, 0.3) is 0 Å². The van der Waals surface area contributed by atoms with Gasteiger partial charge in [-0.25, -0.2) is 4.79 Å². The van der Waals surface area contributed by atoms with Crippen LogP contribution in [0.5, 0.6) is 0 Å². The first-order chi connectivity index (χ1) is 7.11. The van der Waals surface area contributed by atoms with Crippen molar-refractivity contribution in [2.45, 2.75) is 31.1 Å². The molecule has 1 heterocycles. The second-order valence-electron chi connectivity index (χ2n) is 3.58. The predicted molar refractivity (Wildman–Crippen MR) is 51.3 cm³/mol. The number of hydrogen-bond acceptors (Lipinski definition) is 5. The fraction of sp³-hybridized carbons (Fsp3) is 0.889. The fourth-order valence-corrected chi connectivity index (χ4v) is 1.57. The third-order valence-corrected chi connectivity index (χ3v) is 2.46. The van der Waals surface area contributed by atoms with E-state index < -0.39 is 17.8 Å². The van der Waals surface area contributed by atoms with Crippen molar-refractivity contribution in [1.29, 1.82) is 0 Å². The van der Waals surface area contributed by atoms with Crippen LogP contribution in [-0.2, 0) is 9.53 Å². The molecule has 0 saturated carbocycles. The van der Waals surface area contributed by atoms with Crippen molar-refractivity contribution in [3.8, 4) is 0 Å². The number of aliphatic hydroxyl groups excluding tert-OH is 1. The molecule has 88 valence electrons. The Morgan fingerprint density at radius 1 is 1.53 bits per heavy atom. The van der Waals surface area contributed by atoms with Gasteiger partial charge in [-0.15, -0.1) is 0 Å². The van der Waals surface area contributed by atoms with E-state index in [0.717, 1.165) is 0 Å². The summed E-state index contributed by atoms with van der Waals surface area (Å²) in [4.78, 5) is 10.8. The van der Waals surface area contributed by atoms with Gasteiger partial charge in [-0.1, -0.05) is 0 Å². The summed E-state index contributed by atoms with van der Waals surface area (Å²) in [6, 6.07) is 0. The Morgan fingerprint density at radius 3 is 2.87 bits per heavy atom. The average Bonchev–Trinajstić information content (AvgIpc) is 2.56. The molecule has 0 radical (unpaired) electrons. The van der Waals surface area contributed by atoms with Crippen molar-refractivity contribution in [3.63, 3.8) is 0 Å². The van der Waals surface area contributed by atoms with Crippen molar-refractivity contribution in [2.75, 3.05) is 19.8 Å². The SMILES string of the molecule is O=C(O)[C@@]1(O)NCCC1OCCCCO. The summed E-state index contributed by atoms with van der Waals surface area (Å²) in [6.45, 7) is 0.867. The highest BCUT2D eigenvalue weighted by molar-refractivity contribution is 5.77. The minimum absolute atomic E-state index is 0.0927. The molecule has 1 saturated heterocycles. The van der Waals surface area contributed by atoms with Crippen LogP contribution in [0.4, 0.5) is 0 Å². The minimum Gasteiger partial charge on any atom is -0.478 e. The van der Waals surface area contributed by atoms with E-state index >= 15 is 0 Å². The van der Waals surface area contributed by atoms with Crippen LogP contribution in [0.25, 0.3) is 0 Å². The average molecular weight is 219 g/mol. The van der Waals surface area contributed by atoms with E-state index in [4.69, 9.17) is 14.9 Å². The molecule has 0 aromatic heterocycles. The molecule has 0 aromatic carbocycles. The number of nitrogens with one attached hydrogen (secondary N) is 1. The van der Waals surface area contributed by atoms with Crippen molar-refractivity contribution in [2.24, 2.45) is 0 Å². The Morgan fingerprint density at radius 2 is 2.27 bits per heavy atom. The highest BCUT2D eigenvalue weighted by Gasteiger charge is 2.48. The number of carboxylic acids is 1. The van der Waals surface area contributed by atoms with Gasteiger partial charge >= 0.3 is 5.97 Å². The summed E-state index contributed by atoms with van der Waals surface area (Å²) < 4.78 is 5.28. The number of carbonyl (C=O) groups is 1. The van der Waals surface area contributed by atoms with Crippen molar-refractivity contribution < 1.29 is 24.9 Å². The van der Waals surface area contributed by atoms with Gasteiger partial charge < -0.3 is 20.1 Å². The normalized spacial score (nSPS) is 30.7. The van der Waals surface area contributed by atoms with Crippen molar-refractivity contribution in [3.05, 3.63) is 0 Å². The zero-order valence-electron chi connectivity index (χ0n) is 8.48.